The second-order valence-corrected chi connectivity index (χ2v) is 4.10. The van der Waals surface area contributed by atoms with Gasteiger partial charge in [0.05, 0.1) is 0 Å². The molecule has 0 fully saturated rings. The van der Waals surface area contributed by atoms with Crippen molar-refractivity contribution in [2.45, 2.75) is 26.2 Å². The fourth-order valence-corrected chi connectivity index (χ4v) is 1.21. The van der Waals surface area contributed by atoms with E-state index in [1.165, 1.54) is 0 Å². The summed E-state index contributed by atoms with van der Waals surface area (Å²) in [6.45, 7) is 9.97. The SMILES string of the molecule is [CH2]c1ccc(C(C)(C)C)c(O)c1. The number of aromatic hydroxyl groups is 1. The van der Waals surface area contributed by atoms with Gasteiger partial charge in [0.1, 0.15) is 5.75 Å². The first-order chi connectivity index (χ1) is 5.41. The Morgan fingerprint density at radius 1 is 1.25 bits per heavy atom. The first-order valence-electron chi connectivity index (χ1n) is 4.07. The van der Waals surface area contributed by atoms with Crippen LogP contribution in [0.4, 0.5) is 0 Å². The van der Waals surface area contributed by atoms with Gasteiger partial charge in [0.15, 0.2) is 0 Å². The molecule has 0 spiro atoms. The summed E-state index contributed by atoms with van der Waals surface area (Å²) in [6, 6.07) is 5.54. The topological polar surface area (TPSA) is 20.2 Å². The maximum atomic E-state index is 9.59. The van der Waals surface area contributed by atoms with Gasteiger partial charge < -0.3 is 5.11 Å². The first-order valence-corrected chi connectivity index (χ1v) is 4.07. The number of hydrogen-bond donors (Lipinski definition) is 1. The van der Waals surface area contributed by atoms with E-state index in [2.05, 4.69) is 27.7 Å². The molecule has 0 unspecified atom stereocenters. The molecule has 0 atom stereocenters. The van der Waals surface area contributed by atoms with Gasteiger partial charge in [-0.05, 0) is 29.5 Å². The van der Waals surface area contributed by atoms with E-state index in [0.29, 0.717) is 5.75 Å². The molecular weight excluding hydrogens is 148 g/mol. The fourth-order valence-electron chi connectivity index (χ4n) is 1.21. The van der Waals surface area contributed by atoms with E-state index in [4.69, 9.17) is 0 Å². The molecule has 0 aliphatic heterocycles. The maximum absolute atomic E-state index is 9.59. The van der Waals surface area contributed by atoms with Crippen molar-refractivity contribution < 1.29 is 5.11 Å². The molecule has 0 aliphatic carbocycles. The molecular formula is C11H15O. The summed E-state index contributed by atoms with van der Waals surface area (Å²) in [6.07, 6.45) is 0. The van der Waals surface area contributed by atoms with Gasteiger partial charge in [-0.3, -0.25) is 0 Å². The van der Waals surface area contributed by atoms with E-state index < -0.39 is 0 Å². The maximum Gasteiger partial charge on any atom is 0.119 e. The minimum Gasteiger partial charge on any atom is -0.508 e. The first kappa shape index (κ1) is 9.11. The fraction of sp³-hybridized carbons (Fsp3) is 0.364. The summed E-state index contributed by atoms with van der Waals surface area (Å²) in [4.78, 5) is 0. The number of rotatable bonds is 0. The van der Waals surface area contributed by atoms with Crippen LogP contribution >= 0.6 is 0 Å². The van der Waals surface area contributed by atoms with Crippen LogP contribution in [-0.4, -0.2) is 5.11 Å². The highest BCUT2D eigenvalue weighted by atomic mass is 16.3. The van der Waals surface area contributed by atoms with Crippen molar-refractivity contribution in [3.8, 4) is 5.75 Å². The highest BCUT2D eigenvalue weighted by Gasteiger charge is 2.17. The van der Waals surface area contributed by atoms with E-state index in [9.17, 15) is 5.11 Å². The third-order valence-corrected chi connectivity index (χ3v) is 1.87. The normalized spacial score (nSPS) is 11.7. The molecule has 1 N–H and O–H groups in total. The van der Waals surface area contributed by atoms with Crippen LogP contribution in [0.2, 0.25) is 0 Å². The largest absolute Gasteiger partial charge is 0.508 e. The van der Waals surface area contributed by atoms with E-state index in [0.717, 1.165) is 11.1 Å². The van der Waals surface area contributed by atoms with Crippen molar-refractivity contribution in [1.82, 2.24) is 0 Å². The lowest BCUT2D eigenvalue weighted by Crippen LogP contribution is -2.11. The van der Waals surface area contributed by atoms with Crippen LogP contribution in [0.1, 0.15) is 31.9 Å². The summed E-state index contributed by atoms with van der Waals surface area (Å²) in [5, 5.41) is 9.59. The Balaban J connectivity index is 3.19. The molecule has 1 radical (unpaired) electrons. The van der Waals surface area contributed by atoms with Crippen molar-refractivity contribution in [2.75, 3.05) is 0 Å². The zero-order chi connectivity index (χ0) is 9.35. The Morgan fingerprint density at radius 2 is 1.83 bits per heavy atom. The third kappa shape index (κ3) is 1.79. The van der Waals surface area contributed by atoms with Crippen molar-refractivity contribution in [3.63, 3.8) is 0 Å². The van der Waals surface area contributed by atoms with E-state index >= 15 is 0 Å². The molecule has 1 nitrogen and oxygen atoms in total. The van der Waals surface area contributed by atoms with Crippen molar-refractivity contribution >= 4 is 0 Å². The van der Waals surface area contributed by atoms with Gasteiger partial charge in [0, 0.05) is 0 Å². The van der Waals surface area contributed by atoms with Crippen LogP contribution in [0.5, 0.6) is 5.75 Å². The summed E-state index contributed by atoms with van der Waals surface area (Å²) in [5.41, 5.74) is 1.81. The molecule has 1 aromatic rings. The van der Waals surface area contributed by atoms with Gasteiger partial charge in [-0.2, -0.15) is 0 Å². The van der Waals surface area contributed by atoms with Crippen LogP contribution in [-0.2, 0) is 5.41 Å². The summed E-state index contributed by atoms with van der Waals surface area (Å²) >= 11 is 0. The highest BCUT2D eigenvalue weighted by Crippen LogP contribution is 2.30. The van der Waals surface area contributed by atoms with E-state index in [1.807, 2.05) is 12.1 Å². The van der Waals surface area contributed by atoms with Gasteiger partial charge in [0.2, 0.25) is 0 Å². The lowest BCUT2D eigenvalue weighted by molar-refractivity contribution is 0.446. The van der Waals surface area contributed by atoms with Gasteiger partial charge in [-0.1, -0.05) is 32.9 Å². The van der Waals surface area contributed by atoms with Crippen LogP contribution in [0.15, 0.2) is 18.2 Å². The Labute approximate surface area is 74.1 Å². The molecule has 0 saturated heterocycles. The molecule has 0 heterocycles. The van der Waals surface area contributed by atoms with Crippen molar-refractivity contribution in [1.29, 1.82) is 0 Å². The minimum absolute atomic E-state index is 0.00220. The van der Waals surface area contributed by atoms with Crippen LogP contribution in [0, 0.1) is 6.92 Å². The lowest BCUT2D eigenvalue weighted by Gasteiger charge is -2.20. The van der Waals surface area contributed by atoms with Gasteiger partial charge in [0.25, 0.3) is 0 Å². The number of hydrogen-bond acceptors (Lipinski definition) is 1. The van der Waals surface area contributed by atoms with E-state index in [1.54, 1.807) is 6.07 Å². The minimum atomic E-state index is -0.00220. The molecule has 0 aliphatic rings. The van der Waals surface area contributed by atoms with Crippen LogP contribution in [0.25, 0.3) is 0 Å². The molecule has 0 amide bonds. The Hall–Kier alpha value is -0.980. The number of phenolic OH excluding ortho intramolecular Hbond substituents is 1. The predicted molar refractivity (Wildman–Crippen MR) is 51.3 cm³/mol. The van der Waals surface area contributed by atoms with Crippen molar-refractivity contribution in [3.05, 3.63) is 36.2 Å². The average molecular weight is 163 g/mol. The Kier molecular flexibility index (Phi) is 2.14. The number of benzene rings is 1. The number of phenols is 1. The van der Waals surface area contributed by atoms with Crippen molar-refractivity contribution in [2.24, 2.45) is 0 Å². The molecule has 1 aromatic carbocycles. The Bertz CT molecular complexity index is 282. The zero-order valence-corrected chi connectivity index (χ0v) is 7.89. The predicted octanol–water partition coefficient (Wildman–Crippen LogP) is 2.87. The highest BCUT2D eigenvalue weighted by molar-refractivity contribution is 5.41. The second-order valence-electron chi connectivity index (χ2n) is 4.10. The molecule has 1 heteroatoms. The summed E-state index contributed by atoms with van der Waals surface area (Å²) in [5.74, 6) is 0.343. The van der Waals surface area contributed by atoms with Gasteiger partial charge in [-0.15, -0.1) is 0 Å². The lowest BCUT2D eigenvalue weighted by atomic mass is 9.86. The molecule has 0 bridgehead atoms. The van der Waals surface area contributed by atoms with Crippen LogP contribution in [0.3, 0.4) is 0 Å². The quantitative estimate of drug-likeness (QED) is 0.623. The summed E-state index contributed by atoms with van der Waals surface area (Å²) < 4.78 is 0. The van der Waals surface area contributed by atoms with E-state index in [-0.39, 0.29) is 5.41 Å². The van der Waals surface area contributed by atoms with Crippen LogP contribution < -0.4 is 0 Å². The second kappa shape index (κ2) is 2.81. The molecule has 12 heavy (non-hydrogen) atoms. The summed E-state index contributed by atoms with van der Waals surface area (Å²) in [7, 11) is 0. The monoisotopic (exact) mass is 163 g/mol. The zero-order valence-electron chi connectivity index (χ0n) is 7.89. The van der Waals surface area contributed by atoms with Gasteiger partial charge in [-0.25, -0.2) is 0 Å². The molecule has 65 valence electrons. The molecule has 0 saturated carbocycles. The van der Waals surface area contributed by atoms with Gasteiger partial charge >= 0.3 is 0 Å². The average Bonchev–Trinajstić information content (AvgIpc) is 1.83. The third-order valence-electron chi connectivity index (χ3n) is 1.87. The molecule has 0 aromatic heterocycles. The standard InChI is InChI=1S/C11H15O/c1-8-5-6-9(10(12)7-8)11(2,3)4/h5-7,12H,1H2,2-4H3. The molecule has 1 rings (SSSR count). The smallest absolute Gasteiger partial charge is 0.119 e. The Morgan fingerprint density at radius 3 is 2.25 bits per heavy atom.